The van der Waals surface area contributed by atoms with Gasteiger partial charge in [-0.05, 0) is 38.3 Å². The molecule has 0 aliphatic carbocycles. The summed E-state index contributed by atoms with van der Waals surface area (Å²) in [5.74, 6) is 0.987. The molecule has 0 spiro atoms. The van der Waals surface area contributed by atoms with E-state index in [2.05, 4.69) is 29.6 Å². The van der Waals surface area contributed by atoms with Crippen LogP contribution in [0, 0.1) is 0 Å². The van der Waals surface area contributed by atoms with E-state index >= 15 is 0 Å². The van der Waals surface area contributed by atoms with Crippen LogP contribution in [0.4, 0.5) is 0 Å². The highest BCUT2D eigenvalue weighted by Gasteiger charge is 2.19. The minimum absolute atomic E-state index is 0.276. The van der Waals surface area contributed by atoms with Crippen molar-refractivity contribution in [3.63, 3.8) is 0 Å². The van der Waals surface area contributed by atoms with Crippen LogP contribution in [-0.4, -0.2) is 25.2 Å². The molecule has 1 fully saturated rings. The van der Waals surface area contributed by atoms with Crippen LogP contribution in [0.25, 0.3) is 0 Å². The van der Waals surface area contributed by atoms with Crippen LogP contribution in [-0.2, 0) is 4.84 Å². The molecule has 2 atom stereocenters. The first kappa shape index (κ1) is 11.5. The zero-order valence-electron chi connectivity index (χ0n) is 9.88. The Morgan fingerprint density at radius 1 is 1.50 bits per heavy atom. The Balaban J connectivity index is 1.89. The van der Waals surface area contributed by atoms with Gasteiger partial charge in [0, 0.05) is 12.6 Å². The van der Waals surface area contributed by atoms with Gasteiger partial charge in [-0.1, -0.05) is 12.7 Å². The summed E-state index contributed by atoms with van der Waals surface area (Å²) in [6, 6.07) is 0.497. The van der Waals surface area contributed by atoms with E-state index < -0.39 is 0 Å². The van der Waals surface area contributed by atoms with Crippen LogP contribution in [0.1, 0.15) is 26.2 Å². The zero-order chi connectivity index (χ0) is 11.4. The van der Waals surface area contributed by atoms with Crippen molar-refractivity contribution < 1.29 is 4.84 Å². The summed E-state index contributed by atoms with van der Waals surface area (Å²) in [5.41, 5.74) is 4.26. The highest BCUT2D eigenvalue weighted by molar-refractivity contribution is 5.24. The summed E-state index contributed by atoms with van der Waals surface area (Å²) in [5, 5.41) is 6.67. The first-order valence-electron chi connectivity index (χ1n) is 6.04. The van der Waals surface area contributed by atoms with Gasteiger partial charge in [0.1, 0.15) is 5.82 Å². The summed E-state index contributed by atoms with van der Waals surface area (Å²) in [7, 11) is 0. The number of hydroxylamine groups is 1. The van der Waals surface area contributed by atoms with Crippen LogP contribution < -0.4 is 16.1 Å². The lowest BCUT2D eigenvalue weighted by Crippen LogP contribution is -2.39. The second kappa shape index (κ2) is 5.37. The van der Waals surface area contributed by atoms with Gasteiger partial charge >= 0.3 is 0 Å². The smallest absolute Gasteiger partial charge is 0.126 e. The second-order valence-corrected chi connectivity index (χ2v) is 4.52. The minimum atomic E-state index is 0.276. The molecule has 90 valence electrons. The number of rotatable bonds is 4. The third-order valence-corrected chi connectivity index (χ3v) is 3.15. The van der Waals surface area contributed by atoms with Crippen LogP contribution in [0.2, 0.25) is 0 Å². The van der Waals surface area contributed by atoms with Crippen molar-refractivity contribution in [2.24, 2.45) is 0 Å². The molecule has 0 saturated carbocycles. The Bertz CT molecular complexity index is 282. The topological polar surface area (TPSA) is 45.3 Å². The molecule has 2 heterocycles. The molecule has 0 amide bonds. The normalized spacial score (nSPS) is 30.1. The number of hydrogen-bond acceptors (Lipinski definition) is 4. The van der Waals surface area contributed by atoms with Crippen molar-refractivity contribution in [1.82, 2.24) is 16.1 Å². The van der Waals surface area contributed by atoms with Crippen molar-refractivity contribution in [1.29, 1.82) is 0 Å². The third kappa shape index (κ3) is 2.77. The Kier molecular flexibility index (Phi) is 3.85. The van der Waals surface area contributed by atoms with Gasteiger partial charge in [-0.25, -0.2) is 0 Å². The van der Waals surface area contributed by atoms with Gasteiger partial charge in [-0.15, -0.1) is 0 Å². The molecule has 0 aromatic rings. The molecule has 16 heavy (non-hydrogen) atoms. The molecule has 4 heteroatoms. The van der Waals surface area contributed by atoms with Crippen molar-refractivity contribution in [3.05, 3.63) is 24.0 Å². The van der Waals surface area contributed by atoms with Crippen molar-refractivity contribution in [3.8, 4) is 0 Å². The van der Waals surface area contributed by atoms with E-state index in [-0.39, 0.29) is 6.10 Å². The standard InChI is InChI=1S/C12H21N3O/c1-3-10-5-4-9(2)14-12(10)15-16-11-6-7-13-8-11/h3,9,11,13-15H,1,4-8H2,2H3/t9?,11-/m1/s1. The van der Waals surface area contributed by atoms with Crippen LogP contribution in [0.3, 0.4) is 0 Å². The van der Waals surface area contributed by atoms with Gasteiger partial charge in [0.05, 0.1) is 6.10 Å². The van der Waals surface area contributed by atoms with Crippen LogP contribution >= 0.6 is 0 Å². The van der Waals surface area contributed by atoms with Gasteiger partial charge in [0.25, 0.3) is 0 Å². The molecular formula is C12H21N3O. The summed E-state index contributed by atoms with van der Waals surface area (Å²) >= 11 is 0. The molecule has 1 unspecified atom stereocenters. The summed E-state index contributed by atoms with van der Waals surface area (Å²) in [4.78, 5) is 5.64. The Morgan fingerprint density at radius 2 is 2.38 bits per heavy atom. The number of hydrogen-bond donors (Lipinski definition) is 3. The van der Waals surface area contributed by atoms with E-state index in [0.29, 0.717) is 6.04 Å². The average molecular weight is 223 g/mol. The van der Waals surface area contributed by atoms with E-state index in [9.17, 15) is 0 Å². The molecule has 0 aromatic carbocycles. The fourth-order valence-corrected chi connectivity index (χ4v) is 2.08. The number of nitrogens with one attached hydrogen (secondary N) is 3. The molecule has 0 bridgehead atoms. The van der Waals surface area contributed by atoms with Crippen LogP contribution in [0.5, 0.6) is 0 Å². The Hall–Kier alpha value is -1.00. The SMILES string of the molecule is C=CC1=C(NO[C@@H]2CCNC2)NC(C)CC1. The van der Waals surface area contributed by atoms with Gasteiger partial charge in [0.2, 0.25) is 0 Å². The minimum Gasteiger partial charge on any atom is -0.368 e. The van der Waals surface area contributed by atoms with E-state index in [1.54, 1.807) is 0 Å². The highest BCUT2D eigenvalue weighted by atomic mass is 16.7. The maximum Gasteiger partial charge on any atom is 0.126 e. The molecule has 2 aliphatic rings. The van der Waals surface area contributed by atoms with Crippen molar-refractivity contribution >= 4 is 0 Å². The average Bonchev–Trinajstić information content (AvgIpc) is 2.79. The quantitative estimate of drug-likeness (QED) is 0.623. The fourth-order valence-electron chi connectivity index (χ4n) is 2.08. The zero-order valence-corrected chi connectivity index (χ0v) is 9.88. The monoisotopic (exact) mass is 223 g/mol. The van der Waals surface area contributed by atoms with Gasteiger partial charge < -0.3 is 10.6 Å². The number of allylic oxidation sites excluding steroid dienone is 2. The first-order chi connectivity index (χ1) is 7.79. The van der Waals surface area contributed by atoms with Crippen molar-refractivity contribution in [2.75, 3.05) is 13.1 Å². The van der Waals surface area contributed by atoms with Gasteiger partial charge in [-0.3, -0.25) is 10.3 Å². The summed E-state index contributed by atoms with van der Waals surface area (Å²) in [6.45, 7) is 7.99. The molecule has 3 N–H and O–H groups in total. The fraction of sp³-hybridized carbons (Fsp3) is 0.667. The van der Waals surface area contributed by atoms with E-state index in [1.807, 2.05) is 6.08 Å². The van der Waals surface area contributed by atoms with Gasteiger partial charge in [0.15, 0.2) is 0 Å². The third-order valence-electron chi connectivity index (χ3n) is 3.15. The van der Waals surface area contributed by atoms with E-state index in [4.69, 9.17) is 4.84 Å². The highest BCUT2D eigenvalue weighted by Crippen LogP contribution is 2.17. The van der Waals surface area contributed by atoms with Crippen molar-refractivity contribution in [2.45, 2.75) is 38.3 Å². The molecule has 0 aromatic heterocycles. The molecule has 2 aliphatic heterocycles. The predicted octanol–water partition coefficient (Wildman–Crippen LogP) is 1.04. The lowest BCUT2D eigenvalue weighted by Gasteiger charge is -2.27. The largest absolute Gasteiger partial charge is 0.368 e. The second-order valence-electron chi connectivity index (χ2n) is 4.52. The van der Waals surface area contributed by atoms with Gasteiger partial charge in [-0.2, -0.15) is 0 Å². The molecule has 4 nitrogen and oxygen atoms in total. The summed E-state index contributed by atoms with van der Waals surface area (Å²) < 4.78 is 0. The maximum absolute atomic E-state index is 5.64. The summed E-state index contributed by atoms with van der Waals surface area (Å²) in [6.07, 6.45) is 5.46. The molecule has 0 radical (unpaired) electrons. The molecular weight excluding hydrogens is 202 g/mol. The Morgan fingerprint density at radius 3 is 3.06 bits per heavy atom. The lowest BCUT2D eigenvalue weighted by molar-refractivity contribution is -0.00162. The predicted molar refractivity (Wildman–Crippen MR) is 64.6 cm³/mol. The lowest BCUT2D eigenvalue weighted by atomic mass is 10.0. The molecule has 2 rings (SSSR count). The van der Waals surface area contributed by atoms with E-state index in [0.717, 1.165) is 38.2 Å². The van der Waals surface area contributed by atoms with Crippen LogP contribution in [0.15, 0.2) is 24.0 Å². The maximum atomic E-state index is 5.64. The first-order valence-corrected chi connectivity index (χ1v) is 6.04. The molecule has 1 saturated heterocycles. The van der Waals surface area contributed by atoms with E-state index in [1.165, 1.54) is 5.57 Å². The Labute approximate surface area is 97.1 Å².